The molecule has 0 bridgehead atoms. The molecule has 0 saturated carbocycles. The van der Waals surface area contributed by atoms with Crippen LogP contribution in [0, 0.1) is 0 Å². The molecule has 0 spiro atoms. The maximum Gasteiger partial charge on any atom is 0.354 e. The van der Waals surface area contributed by atoms with Gasteiger partial charge >= 0.3 is 5.97 Å². The number of ether oxygens (including phenoxy) is 1. The Morgan fingerprint density at radius 3 is 2.62 bits per heavy atom. The number of aromatic nitrogens is 2. The smallest absolute Gasteiger partial charge is 0.354 e. The van der Waals surface area contributed by atoms with Gasteiger partial charge in [0, 0.05) is 21.9 Å². The third-order valence-corrected chi connectivity index (χ3v) is 4.26. The van der Waals surface area contributed by atoms with E-state index in [1.165, 1.54) is 13.2 Å². The number of benzene rings is 2. The molecule has 2 N–H and O–H groups in total. The molecule has 2 aromatic heterocycles. The molecular weight excluding hydrogens is 332 g/mol. The summed E-state index contributed by atoms with van der Waals surface area (Å²) in [6, 6.07) is 15.6. The van der Waals surface area contributed by atoms with Crippen molar-refractivity contribution in [3.05, 3.63) is 71.5 Å². The Morgan fingerprint density at radius 2 is 1.85 bits per heavy atom. The van der Waals surface area contributed by atoms with Crippen molar-refractivity contribution < 1.29 is 19.4 Å². The highest BCUT2D eigenvalue weighted by molar-refractivity contribution is 6.19. The molecule has 0 aliphatic rings. The monoisotopic (exact) mass is 346 g/mol. The summed E-state index contributed by atoms with van der Waals surface area (Å²) in [4.78, 5) is 31.9. The van der Waals surface area contributed by atoms with Crippen LogP contribution in [0.25, 0.3) is 21.8 Å². The van der Waals surface area contributed by atoms with E-state index in [1.807, 2.05) is 24.3 Å². The number of carbonyl (C=O) groups is 2. The highest BCUT2D eigenvalue weighted by Gasteiger charge is 2.21. The number of carboxylic acid groups (broad SMARTS) is 1. The Labute approximate surface area is 148 Å². The van der Waals surface area contributed by atoms with Crippen LogP contribution in [0.3, 0.4) is 0 Å². The number of aromatic carboxylic acids is 1. The Balaban J connectivity index is 2.01. The lowest BCUT2D eigenvalue weighted by Gasteiger charge is -2.06. The molecule has 6 nitrogen and oxygen atoms in total. The fraction of sp³-hybridized carbons (Fsp3) is 0.0500. The lowest BCUT2D eigenvalue weighted by molar-refractivity contribution is 0.0690. The van der Waals surface area contributed by atoms with Crippen LogP contribution in [0.2, 0.25) is 0 Å². The second kappa shape index (κ2) is 6.00. The molecule has 0 amide bonds. The number of aromatic amines is 1. The lowest BCUT2D eigenvalue weighted by Crippen LogP contribution is -2.10. The van der Waals surface area contributed by atoms with Crippen LogP contribution in [-0.2, 0) is 0 Å². The number of ketones is 1. The van der Waals surface area contributed by atoms with Crippen LogP contribution in [-0.4, -0.2) is 33.9 Å². The van der Waals surface area contributed by atoms with Gasteiger partial charge in [0.1, 0.15) is 17.1 Å². The molecule has 128 valence electrons. The van der Waals surface area contributed by atoms with Gasteiger partial charge in [0.2, 0.25) is 5.78 Å². The third kappa shape index (κ3) is 2.48. The summed E-state index contributed by atoms with van der Waals surface area (Å²) < 4.78 is 5.16. The van der Waals surface area contributed by atoms with Crippen molar-refractivity contribution in [2.75, 3.05) is 7.11 Å². The van der Waals surface area contributed by atoms with Crippen LogP contribution in [0.1, 0.15) is 26.5 Å². The number of rotatable bonds is 4. The summed E-state index contributed by atoms with van der Waals surface area (Å²) in [5, 5.41) is 10.9. The van der Waals surface area contributed by atoms with Gasteiger partial charge in [-0.1, -0.05) is 30.3 Å². The molecule has 0 atom stereocenters. The molecule has 6 heteroatoms. The Bertz CT molecular complexity index is 1180. The molecule has 4 aromatic rings. The molecule has 0 saturated heterocycles. The molecule has 0 unspecified atom stereocenters. The average molecular weight is 346 g/mol. The average Bonchev–Trinajstić information content (AvgIpc) is 3.05. The lowest BCUT2D eigenvalue weighted by atomic mass is 10.0. The maximum absolute atomic E-state index is 13.0. The van der Waals surface area contributed by atoms with E-state index in [4.69, 9.17) is 4.74 Å². The van der Waals surface area contributed by atoms with Crippen LogP contribution < -0.4 is 4.74 Å². The first-order valence-electron chi connectivity index (χ1n) is 7.92. The fourth-order valence-corrected chi connectivity index (χ4v) is 3.02. The van der Waals surface area contributed by atoms with Crippen molar-refractivity contribution in [2.24, 2.45) is 0 Å². The second-order valence-electron chi connectivity index (χ2n) is 5.82. The van der Waals surface area contributed by atoms with E-state index in [9.17, 15) is 14.7 Å². The number of fused-ring (bicyclic) bond motifs is 3. The van der Waals surface area contributed by atoms with Crippen molar-refractivity contribution in [1.82, 2.24) is 9.97 Å². The molecule has 4 rings (SSSR count). The van der Waals surface area contributed by atoms with Gasteiger partial charge in [0.05, 0.1) is 12.6 Å². The van der Waals surface area contributed by atoms with E-state index in [1.54, 1.807) is 24.3 Å². The first kappa shape index (κ1) is 15.8. The largest absolute Gasteiger partial charge is 0.497 e. The standard InChI is InChI=1S/C20H14N2O4/c1-26-12-6-4-5-11(9-12)19(23)18-17-14(10-16(22-18)20(24)25)13-7-2-3-8-15(13)21-17/h2-10,21H,1H3,(H,24,25). The first-order valence-corrected chi connectivity index (χ1v) is 7.92. The molecule has 0 aliphatic carbocycles. The minimum Gasteiger partial charge on any atom is -0.497 e. The van der Waals surface area contributed by atoms with Crippen LogP contribution in [0.5, 0.6) is 5.75 Å². The van der Waals surface area contributed by atoms with Crippen LogP contribution in [0.4, 0.5) is 0 Å². The highest BCUT2D eigenvalue weighted by Crippen LogP contribution is 2.29. The molecular formula is C20H14N2O4. The van der Waals surface area contributed by atoms with Crippen LogP contribution >= 0.6 is 0 Å². The number of carbonyl (C=O) groups excluding carboxylic acids is 1. The van der Waals surface area contributed by atoms with E-state index in [-0.39, 0.29) is 17.2 Å². The second-order valence-corrected chi connectivity index (χ2v) is 5.82. The van der Waals surface area contributed by atoms with Gasteiger partial charge in [-0.05, 0) is 24.3 Å². The number of para-hydroxylation sites is 1. The maximum atomic E-state index is 13.0. The summed E-state index contributed by atoms with van der Waals surface area (Å²) in [5.74, 6) is -1.02. The summed E-state index contributed by atoms with van der Waals surface area (Å²) in [6.07, 6.45) is 0. The van der Waals surface area contributed by atoms with Gasteiger partial charge in [-0.15, -0.1) is 0 Å². The quantitative estimate of drug-likeness (QED) is 0.550. The van der Waals surface area contributed by atoms with E-state index in [0.29, 0.717) is 22.2 Å². The number of methoxy groups -OCH3 is 1. The zero-order chi connectivity index (χ0) is 18.3. The van der Waals surface area contributed by atoms with Crippen LogP contribution in [0.15, 0.2) is 54.6 Å². The van der Waals surface area contributed by atoms with Gasteiger partial charge in [-0.3, -0.25) is 4.79 Å². The molecule has 2 heterocycles. The minimum atomic E-state index is -1.18. The SMILES string of the molecule is COc1cccc(C(=O)c2nc(C(=O)O)cc3c2[nH]c2ccccc23)c1. The number of pyridine rings is 1. The summed E-state index contributed by atoms with van der Waals surface area (Å²) >= 11 is 0. The van der Waals surface area contributed by atoms with Crippen molar-refractivity contribution in [2.45, 2.75) is 0 Å². The van der Waals surface area contributed by atoms with Gasteiger partial charge in [-0.25, -0.2) is 9.78 Å². The number of nitrogens with one attached hydrogen (secondary N) is 1. The summed E-state index contributed by atoms with van der Waals surface area (Å²) in [5.41, 5.74) is 1.60. The van der Waals surface area contributed by atoms with E-state index in [0.717, 1.165) is 10.9 Å². The van der Waals surface area contributed by atoms with E-state index < -0.39 is 5.97 Å². The predicted molar refractivity (Wildman–Crippen MR) is 97.0 cm³/mol. The van der Waals surface area contributed by atoms with Crippen molar-refractivity contribution in [3.8, 4) is 5.75 Å². The van der Waals surface area contributed by atoms with Gasteiger partial charge in [-0.2, -0.15) is 0 Å². The van der Waals surface area contributed by atoms with E-state index in [2.05, 4.69) is 9.97 Å². The number of hydrogen-bond donors (Lipinski definition) is 2. The number of H-pyrrole nitrogens is 1. The zero-order valence-electron chi connectivity index (χ0n) is 13.8. The molecule has 0 aliphatic heterocycles. The van der Waals surface area contributed by atoms with Gasteiger partial charge in [0.25, 0.3) is 0 Å². The molecule has 0 radical (unpaired) electrons. The van der Waals surface area contributed by atoms with Gasteiger partial charge in [0.15, 0.2) is 0 Å². The van der Waals surface area contributed by atoms with Crippen molar-refractivity contribution in [1.29, 1.82) is 0 Å². The Hall–Kier alpha value is -3.67. The van der Waals surface area contributed by atoms with Crippen molar-refractivity contribution in [3.63, 3.8) is 0 Å². The molecule has 26 heavy (non-hydrogen) atoms. The number of carboxylic acids is 1. The van der Waals surface area contributed by atoms with Crippen molar-refractivity contribution >= 4 is 33.6 Å². The number of nitrogens with zero attached hydrogens (tertiary/aromatic N) is 1. The van der Waals surface area contributed by atoms with Gasteiger partial charge < -0.3 is 14.8 Å². The zero-order valence-corrected chi connectivity index (χ0v) is 13.8. The summed E-state index contributed by atoms with van der Waals surface area (Å²) in [7, 11) is 1.52. The Morgan fingerprint density at radius 1 is 1.04 bits per heavy atom. The molecule has 2 aromatic carbocycles. The normalized spacial score (nSPS) is 11.0. The third-order valence-electron chi connectivity index (χ3n) is 4.26. The molecule has 0 fully saturated rings. The highest BCUT2D eigenvalue weighted by atomic mass is 16.5. The topological polar surface area (TPSA) is 92.3 Å². The Kier molecular flexibility index (Phi) is 3.65. The summed E-state index contributed by atoms with van der Waals surface area (Å²) in [6.45, 7) is 0. The fourth-order valence-electron chi connectivity index (χ4n) is 3.02. The first-order chi connectivity index (χ1) is 12.6. The van der Waals surface area contributed by atoms with E-state index >= 15 is 0 Å². The predicted octanol–water partition coefficient (Wildman–Crippen LogP) is 3.65. The number of hydrogen-bond acceptors (Lipinski definition) is 4. The minimum absolute atomic E-state index is 0.0735.